The van der Waals surface area contributed by atoms with Crippen molar-refractivity contribution in [1.82, 2.24) is 19.7 Å². The lowest BCUT2D eigenvalue weighted by Crippen LogP contribution is -2.37. The van der Waals surface area contributed by atoms with Crippen molar-refractivity contribution >= 4 is 5.97 Å². The first-order valence-electron chi connectivity index (χ1n) is 12.2. The molecule has 0 N–H and O–H groups in total. The summed E-state index contributed by atoms with van der Waals surface area (Å²) in [6, 6.07) is 10.4. The summed E-state index contributed by atoms with van der Waals surface area (Å²) in [4.78, 5) is 20.4. The molecule has 0 unspecified atom stereocenters. The van der Waals surface area contributed by atoms with Crippen LogP contribution in [0.15, 0.2) is 42.6 Å². The van der Waals surface area contributed by atoms with Crippen molar-refractivity contribution in [3.8, 4) is 28.4 Å². The lowest BCUT2D eigenvalue weighted by molar-refractivity contribution is -0.167. The summed E-state index contributed by atoms with van der Waals surface area (Å²) < 4.78 is 57.3. The van der Waals surface area contributed by atoms with Gasteiger partial charge in [0.2, 0.25) is 5.88 Å². The molecule has 0 radical (unpaired) electrons. The summed E-state index contributed by atoms with van der Waals surface area (Å²) in [5, 5.41) is 3.59. The SMILES string of the molecule is CCCOCn1nc(C(F)(F)F)nc1-c1ccc(-c2ccc(OCC(C)(C)C(=O)OC(C)(C)C)nc2)cc1. The highest BCUT2D eigenvalue weighted by Gasteiger charge is 2.37. The number of carbonyl (C=O) groups is 1. The third-order valence-electron chi connectivity index (χ3n) is 5.23. The second-order valence-corrected chi connectivity index (χ2v) is 10.4. The van der Waals surface area contributed by atoms with Crippen LogP contribution < -0.4 is 4.74 Å². The fourth-order valence-electron chi connectivity index (χ4n) is 3.24. The number of alkyl halides is 3. The predicted octanol–water partition coefficient (Wildman–Crippen LogP) is 6.16. The normalized spacial score (nSPS) is 12.4. The summed E-state index contributed by atoms with van der Waals surface area (Å²) in [5.41, 5.74) is 0.583. The Morgan fingerprint density at radius 3 is 2.13 bits per heavy atom. The zero-order valence-electron chi connectivity index (χ0n) is 22.4. The van der Waals surface area contributed by atoms with Gasteiger partial charge < -0.3 is 14.2 Å². The molecule has 0 saturated heterocycles. The Labute approximate surface area is 220 Å². The highest BCUT2D eigenvalue weighted by Crippen LogP contribution is 2.30. The number of hydrogen-bond acceptors (Lipinski definition) is 7. The molecule has 0 fully saturated rings. The number of pyridine rings is 1. The van der Waals surface area contributed by atoms with E-state index < -0.39 is 23.0 Å². The summed E-state index contributed by atoms with van der Waals surface area (Å²) in [7, 11) is 0. The molecule has 0 atom stereocenters. The quantitative estimate of drug-likeness (QED) is 0.227. The second kappa shape index (κ2) is 11.5. The third kappa shape index (κ3) is 7.77. The molecule has 2 heterocycles. The van der Waals surface area contributed by atoms with Gasteiger partial charge in [0.05, 0.1) is 5.41 Å². The molecule has 0 aliphatic rings. The smallest absolute Gasteiger partial charge is 0.453 e. The van der Waals surface area contributed by atoms with E-state index in [4.69, 9.17) is 14.2 Å². The highest BCUT2D eigenvalue weighted by molar-refractivity contribution is 5.76. The van der Waals surface area contributed by atoms with Crippen molar-refractivity contribution in [2.24, 2.45) is 5.41 Å². The van der Waals surface area contributed by atoms with E-state index in [9.17, 15) is 18.0 Å². The van der Waals surface area contributed by atoms with Crippen LogP contribution >= 0.6 is 0 Å². The number of aromatic nitrogens is 4. The lowest BCUT2D eigenvalue weighted by Gasteiger charge is -2.28. The molecule has 0 spiro atoms. The van der Waals surface area contributed by atoms with E-state index in [-0.39, 0.29) is 25.1 Å². The fraction of sp³-hybridized carbons (Fsp3) is 0.481. The molecule has 0 saturated carbocycles. The lowest BCUT2D eigenvalue weighted by atomic mass is 9.94. The van der Waals surface area contributed by atoms with Crippen LogP contribution in [0.4, 0.5) is 13.2 Å². The maximum Gasteiger partial charge on any atom is 0.453 e. The second-order valence-electron chi connectivity index (χ2n) is 10.4. The Bertz CT molecular complexity index is 1220. The molecule has 0 aliphatic heterocycles. The van der Waals surface area contributed by atoms with Gasteiger partial charge in [0.25, 0.3) is 5.82 Å². The molecule has 0 aliphatic carbocycles. The van der Waals surface area contributed by atoms with Crippen LogP contribution in [0.5, 0.6) is 5.88 Å². The first-order chi connectivity index (χ1) is 17.7. The molecule has 0 bridgehead atoms. The minimum absolute atomic E-state index is 0.0643. The van der Waals surface area contributed by atoms with Crippen molar-refractivity contribution in [3.63, 3.8) is 0 Å². The van der Waals surface area contributed by atoms with Gasteiger partial charge in [-0.25, -0.2) is 14.6 Å². The Balaban J connectivity index is 1.71. The Morgan fingerprint density at radius 2 is 1.58 bits per heavy atom. The molecule has 8 nitrogen and oxygen atoms in total. The van der Waals surface area contributed by atoms with Crippen LogP contribution in [-0.2, 0) is 27.2 Å². The van der Waals surface area contributed by atoms with Gasteiger partial charge in [-0.3, -0.25) is 4.79 Å². The molecule has 2 aromatic heterocycles. The average molecular weight is 535 g/mol. The van der Waals surface area contributed by atoms with E-state index in [1.54, 1.807) is 77.2 Å². The van der Waals surface area contributed by atoms with Crippen LogP contribution in [0.3, 0.4) is 0 Å². The molecular weight excluding hydrogens is 501 g/mol. The molecule has 206 valence electrons. The number of nitrogens with zero attached hydrogens (tertiary/aromatic N) is 4. The van der Waals surface area contributed by atoms with Gasteiger partial charge in [-0.05, 0) is 52.7 Å². The van der Waals surface area contributed by atoms with Gasteiger partial charge in [-0.2, -0.15) is 13.2 Å². The third-order valence-corrected chi connectivity index (χ3v) is 5.23. The molecule has 3 rings (SSSR count). The van der Waals surface area contributed by atoms with Gasteiger partial charge in [0, 0.05) is 30.0 Å². The summed E-state index contributed by atoms with van der Waals surface area (Å²) >= 11 is 0. The van der Waals surface area contributed by atoms with Crippen molar-refractivity contribution < 1.29 is 32.2 Å². The van der Waals surface area contributed by atoms with Crippen LogP contribution in [0.1, 0.15) is 53.8 Å². The van der Waals surface area contributed by atoms with E-state index in [1.165, 1.54) is 0 Å². The van der Waals surface area contributed by atoms with Gasteiger partial charge in [0.1, 0.15) is 18.9 Å². The van der Waals surface area contributed by atoms with E-state index in [0.29, 0.717) is 18.1 Å². The van der Waals surface area contributed by atoms with Crippen LogP contribution in [-0.4, -0.2) is 44.5 Å². The summed E-state index contributed by atoms with van der Waals surface area (Å²) in [6.07, 6.45) is -2.32. The van der Waals surface area contributed by atoms with E-state index >= 15 is 0 Å². The minimum atomic E-state index is -4.66. The molecule has 11 heteroatoms. The van der Waals surface area contributed by atoms with E-state index in [1.807, 2.05) is 6.92 Å². The highest BCUT2D eigenvalue weighted by atomic mass is 19.4. The van der Waals surface area contributed by atoms with Gasteiger partial charge in [0.15, 0.2) is 5.82 Å². The molecule has 38 heavy (non-hydrogen) atoms. The summed E-state index contributed by atoms with van der Waals surface area (Å²) in [5.74, 6) is -1.17. The number of rotatable bonds is 10. The zero-order chi connectivity index (χ0) is 28.1. The maximum atomic E-state index is 13.2. The Hall–Kier alpha value is -3.47. The predicted molar refractivity (Wildman–Crippen MR) is 135 cm³/mol. The first kappa shape index (κ1) is 29.1. The monoisotopic (exact) mass is 534 g/mol. The number of esters is 1. The standard InChI is InChI=1S/C27H33F3N4O4/c1-7-14-36-17-34-22(32-23(33-34)27(28,29)30)19-10-8-18(9-11-19)20-12-13-21(31-15-20)37-16-26(5,6)24(35)38-25(2,3)4/h8-13,15H,7,14,16-17H2,1-6H3. The number of ether oxygens (including phenoxy) is 3. The molecular formula is C27H33F3N4O4. The minimum Gasteiger partial charge on any atom is -0.476 e. The first-order valence-corrected chi connectivity index (χ1v) is 12.2. The topological polar surface area (TPSA) is 88.4 Å². The van der Waals surface area contributed by atoms with Crippen molar-refractivity contribution in [3.05, 3.63) is 48.4 Å². The van der Waals surface area contributed by atoms with Crippen LogP contribution in [0.2, 0.25) is 0 Å². The van der Waals surface area contributed by atoms with Gasteiger partial charge in [-0.15, -0.1) is 5.10 Å². The average Bonchev–Trinajstić information content (AvgIpc) is 3.27. The van der Waals surface area contributed by atoms with Crippen molar-refractivity contribution in [2.75, 3.05) is 13.2 Å². The van der Waals surface area contributed by atoms with Gasteiger partial charge in [-0.1, -0.05) is 31.2 Å². The van der Waals surface area contributed by atoms with Crippen molar-refractivity contribution in [2.45, 2.75) is 66.5 Å². The van der Waals surface area contributed by atoms with Gasteiger partial charge >= 0.3 is 12.1 Å². The Morgan fingerprint density at radius 1 is 0.947 bits per heavy atom. The Kier molecular flexibility index (Phi) is 8.81. The van der Waals surface area contributed by atoms with Crippen LogP contribution in [0, 0.1) is 5.41 Å². The van der Waals surface area contributed by atoms with E-state index in [2.05, 4.69) is 15.1 Å². The molecule has 0 amide bonds. The maximum absolute atomic E-state index is 13.2. The number of hydrogen-bond donors (Lipinski definition) is 0. The molecule has 3 aromatic rings. The van der Waals surface area contributed by atoms with E-state index in [0.717, 1.165) is 22.2 Å². The number of benzene rings is 1. The zero-order valence-corrected chi connectivity index (χ0v) is 22.4. The summed E-state index contributed by atoms with van der Waals surface area (Å²) in [6.45, 7) is 11.2. The fourth-order valence-corrected chi connectivity index (χ4v) is 3.24. The largest absolute Gasteiger partial charge is 0.476 e. The van der Waals surface area contributed by atoms with Crippen LogP contribution in [0.25, 0.3) is 22.5 Å². The molecule has 1 aromatic carbocycles. The number of halogens is 3. The number of carbonyl (C=O) groups excluding carboxylic acids is 1. The van der Waals surface area contributed by atoms with Crippen molar-refractivity contribution in [1.29, 1.82) is 0 Å².